The summed E-state index contributed by atoms with van der Waals surface area (Å²) in [6.07, 6.45) is 8.58. The molecule has 0 bridgehead atoms. The van der Waals surface area contributed by atoms with Crippen molar-refractivity contribution in [3.63, 3.8) is 0 Å². The molecule has 136 valence electrons. The average molecular weight is 350 g/mol. The topological polar surface area (TPSA) is 42.4 Å². The van der Waals surface area contributed by atoms with E-state index in [1.54, 1.807) is 6.20 Å². The van der Waals surface area contributed by atoms with Crippen LogP contribution in [0.5, 0.6) is 0 Å². The maximum Gasteiger partial charge on any atom is 0.223 e. The number of piperidine rings is 1. The Bertz CT molecular complexity index is 739. The number of benzene rings is 1. The molecule has 4 nitrogen and oxygen atoms in total. The maximum atomic E-state index is 12.7. The van der Waals surface area contributed by atoms with Crippen molar-refractivity contribution in [2.45, 2.75) is 50.7 Å². The van der Waals surface area contributed by atoms with Crippen LogP contribution in [0.3, 0.4) is 0 Å². The highest BCUT2D eigenvalue weighted by molar-refractivity contribution is 5.77. The van der Waals surface area contributed by atoms with Crippen molar-refractivity contribution in [1.29, 1.82) is 0 Å². The van der Waals surface area contributed by atoms with Gasteiger partial charge in [0, 0.05) is 31.9 Å². The van der Waals surface area contributed by atoms with Crippen LogP contribution >= 0.6 is 0 Å². The van der Waals surface area contributed by atoms with E-state index in [1.165, 1.54) is 11.1 Å². The molecule has 1 amide bonds. The fourth-order valence-electron chi connectivity index (χ4n) is 4.17. The van der Waals surface area contributed by atoms with Crippen LogP contribution in [0.25, 0.3) is 0 Å². The zero-order chi connectivity index (χ0) is 17.8. The van der Waals surface area contributed by atoms with Crippen LogP contribution in [-0.4, -0.2) is 35.0 Å². The zero-order valence-electron chi connectivity index (χ0n) is 15.1. The summed E-state index contributed by atoms with van der Waals surface area (Å²) in [5, 5.41) is 0. The molecule has 1 aromatic heterocycles. The van der Waals surface area contributed by atoms with Gasteiger partial charge in [0.1, 0.15) is 0 Å². The Hall–Kier alpha value is -2.20. The number of amides is 1. The number of carbonyl (C=O) groups excluding carboxylic acids is 1. The molecule has 2 aromatic rings. The lowest BCUT2D eigenvalue weighted by Gasteiger charge is -2.32. The summed E-state index contributed by atoms with van der Waals surface area (Å²) in [6, 6.07) is 12.5. The number of carbonyl (C=O) groups is 1. The second kappa shape index (κ2) is 8.00. The molecule has 1 saturated heterocycles. The van der Waals surface area contributed by atoms with E-state index >= 15 is 0 Å². The smallest absolute Gasteiger partial charge is 0.223 e. The van der Waals surface area contributed by atoms with Crippen molar-refractivity contribution in [3.05, 3.63) is 65.5 Å². The lowest BCUT2D eigenvalue weighted by Crippen LogP contribution is -2.41. The van der Waals surface area contributed by atoms with Crippen LogP contribution in [0.1, 0.15) is 48.3 Å². The molecule has 0 saturated carbocycles. The summed E-state index contributed by atoms with van der Waals surface area (Å²) in [6.45, 7) is 2.22. The lowest BCUT2D eigenvalue weighted by atomic mass is 9.96. The SMILES string of the molecule is O=C(C[C@@H]1CCc2ccccc21)N1CCC(OCc2cccnc2)CC1. The van der Waals surface area contributed by atoms with Crippen molar-refractivity contribution in [2.24, 2.45) is 0 Å². The maximum absolute atomic E-state index is 12.7. The molecule has 0 unspecified atom stereocenters. The van der Waals surface area contributed by atoms with E-state index in [0.29, 0.717) is 24.9 Å². The van der Waals surface area contributed by atoms with Gasteiger partial charge >= 0.3 is 0 Å². The predicted molar refractivity (Wildman–Crippen MR) is 101 cm³/mol. The first kappa shape index (κ1) is 17.2. The van der Waals surface area contributed by atoms with E-state index < -0.39 is 0 Å². The number of rotatable bonds is 5. The molecule has 2 heterocycles. The highest BCUT2D eigenvalue weighted by Gasteiger charge is 2.28. The Morgan fingerprint density at radius 3 is 2.77 bits per heavy atom. The minimum atomic E-state index is 0.242. The molecule has 1 aliphatic heterocycles. The third-order valence-corrected chi connectivity index (χ3v) is 5.68. The normalized spacial score (nSPS) is 20.2. The number of fused-ring (bicyclic) bond motifs is 1. The summed E-state index contributed by atoms with van der Waals surface area (Å²) in [4.78, 5) is 18.9. The first-order chi connectivity index (χ1) is 12.8. The number of ether oxygens (including phenoxy) is 1. The van der Waals surface area contributed by atoms with Crippen LogP contribution in [0.15, 0.2) is 48.8 Å². The molecular formula is C22H26N2O2. The van der Waals surface area contributed by atoms with E-state index in [0.717, 1.165) is 44.3 Å². The minimum absolute atomic E-state index is 0.242. The molecule has 4 rings (SSSR count). The molecule has 1 fully saturated rings. The summed E-state index contributed by atoms with van der Waals surface area (Å²) in [5.41, 5.74) is 3.91. The van der Waals surface area contributed by atoms with Gasteiger partial charge in [0.15, 0.2) is 0 Å². The number of likely N-dealkylation sites (tertiary alicyclic amines) is 1. The predicted octanol–water partition coefficient (Wildman–Crippen LogP) is 3.71. The zero-order valence-corrected chi connectivity index (χ0v) is 15.1. The Kier molecular flexibility index (Phi) is 5.30. The first-order valence-electron chi connectivity index (χ1n) is 9.65. The number of aromatic nitrogens is 1. The molecule has 1 aromatic carbocycles. The summed E-state index contributed by atoms with van der Waals surface area (Å²) < 4.78 is 6.00. The van der Waals surface area contributed by atoms with Crippen LogP contribution in [0.2, 0.25) is 0 Å². The average Bonchev–Trinajstić information content (AvgIpc) is 3.10. The highest BCUT2D eigenvalue weighted by Crippen LogP contribution is 2.35. The monoisotopic (exact) mass is 350 g/mol. The van der Waals surface area contributed by atoms with E-state index in [1.807, 2.05) is 23.2 Å². The van der Waals surface area contributed by atoms with Crippen LogP contribution in [0.4, 0.5) is 0 Å². The van der Waals surface area contributed by atoms with E-state index in [9.17, 15) is 4.79 Å². The van der Waals surface area contributed by atoms with Gasteiger partial charge in [-0.3, -0.25) is 9.78 Å². The number of hydrogen-bond donors (Lipinski definition) is 0. The quantitative estimate of drug-likeness (QED) is 0.825. The number of aryl methyl sites for hydroxylation is 1. The number of hydrogen-bond acceptors (Lipinski definition) is 3. The molecule has 1 atom stereocenters. The Labute approximate surface area is 155 Å². The summed E-state index contributed by atoms with van der Waals surface area (Å²) >= 11 is 0. The second-order valence-corrected chi connectivity index (χ2v) is 7.39. The van der Waals surface area contributed by atoms with Crippen molar-refractivity contribution in [2.75, 3.05) is 13.1 Å². The second-order valence-electron chi connectivity index (χ2n) is 7.39. The fraction of sp³-hybridized carbons (Fsp3) is 0.455. The van der Waals surface area contributed by atoms with Gasteiger partial charge in [-0.2, -0.15) is 0 Å². The third-order valence-electron chi connectivity index (χ3n) is 5.68. The van der Waals surface area contributed by atoms with E-state index in [2.05, 4.69) is 29.2 Å². The highest BCUT2D eigenvalue weighted by atomic mass is 16.5. The van der Waals surface area contributed by atoms with Crippen LogP contribution < -0.4 is 0 Å². The standard InChI is InChI=1S/C22H26N2O2/c25-22(14-19-8-7-18-5-1-2-6-21(18)19)24-12-9-20(10-13-24)26-16-17-4-3-11-23-15-17/h1-6,11,15,19-20H,7-10,12-14,16H2/t19-/m0/s1. The summed E-state index contributed by atoms with van der Waals surface area (Å²) in [7, 11) is 0. The van der Waals surface area contributed by atoms with Gasteiger partial charge in [-0.25, -0.2) is 0 Å². The largest absolute Gasteiger partial charge is 0.373 e. The van der Waals surface area contributed by atoms with Gasteiger partial charge in [0.2, 0.25) is 5.91 Å². The Balaban J connectivity index is 1.24. The van der Waals surface area contributed by atoms with Gasteiger partial charge in [0.05, 0.1) is 12.7 Å². The van der Waals surface area contributed by atoms with Gasteiger partial charge in [-0.1, -0.05) is 30.3 Å². The molecule has 1 aliphatic carbocycles. The molecular weight excluding hydrogens is 324 g/mol. The van der Waals surface area contributed by atoms with Crippen molar-refractivity contribution >= 4 is 5.91 Å². The minimum Gasteiger partial charge on any atom is -0.373 e. The van der Waals surface area contributed by atoms with Crippen molar-refractivity contribution < 1.29 is 9.53 Å². The molecule has 26 heavy (non-hydrogen) atoms. The van der Waals surface area contributed by atoms with Gasteiger partial charge in [0.25, 0.3) is 0 Å². The number of pyridine rings is 1. The molecule has 4 heteroatoms. The molecule has 2 aliphatic rings. The Morgan fingerprint density at radius 2 is 1.96 bits per heavy atom. The van der Waals surface area contributed by atoms with Gasteiger partial charge < -0.3 is 9.64 Å². The lowest BCUT2D eigenvalue weighted by molar-refractivity contribution is -0.134. The Morgan fingerprint density at radius 1 is 1.12 bits per heavy atom. The van der Waals surface area contributed by atoms with E-state index in [-0.39, 0.29) is 6.10 Å². The van der Waals surface area contributed by atoms with Crippen LogP contribution in [0, 0.1) is 0 Å². The number of nitrogens with zero attached hydrogens (tertiary/aromatic N) is 2. The van der Waals surface area contributed by atoms with Gasteiger partial charge in [-0.05, 0) is 54.4 Å². The fourth-order valence-corrected chi connectivity index (χ4v) is 4.17. The third kappa shape index (κ3) is 3.96. The molecule has 0 spiro atoms. The van der Waals surface area contributed by atoms with Gasteiger partial charge in [-0.15, -0.1) is 0 Å². The van der Waals surface area contributed by atoms with Crippen molar-refractivity contribution in [1.82, 2.24) is 9.88 Å². The molecule has 0 N–H and O–H groups in total. The summed E-state index contributed by atoms with van der Waals surface area (Å²) in [5.74, 6) is 0.704. The van der Waals surface area contributed by atoms with E-state index in [4.69, 9.17) is 4.74 Å². The van der Waals surface area contributed by atoms with Crippen molar-refractivity contribution in [3.8, 4) is 0 Å². The molecule has 0 radical (unpaired) electrons. The first-order valence-corrected chi connectivity index (χ1v) is 9.65. The van der Waals surface area contributed by atoms with Crippen LogP contribution in [-0.2, 0) is 22.6 Å².